The molecule has 0 bridgehead atoms. The summed E-state index contributed by atoms with van der Waals surface area (Å²) in [5, 5.41) is 10.7. The third kappa shape index (κ3) is 2.58. The topological polar surface area (TPSA) is 38.0 Å². The highest BCUT2D eigenvalue weighted by atomic mass is 32.2. The third-order valence-corrected chi connectivity index (χ3v) is 4.81. The first kappa shape index (κ1) is 15.5. The number of nitrogens with zero attached hydrogens (tertiary/aromatic N) is 2. The van der Waals surface area contributed by atoms with Gasteiger partial charge in [-0.05, 0) is 43.0 Å². The molecule has 0 spiro atoms. The fourth-order valence-corrected chi connectivity index (χ4v) is 3.36. The van der Waals surface area contributed by atoms with Gasteiger partial charge in [0.1, 0.15) is 11.8 Å². The number of methoxy groups -OCH3 is 1. The molecule has 0 aliphatic rings. The highest BCUT2D eigenvalue weighted by Crippen LogP contribution is 2.35. The molecule has 0 unspecified atom stereocenters. The summed E-state index contributed by atoms with van der Waals surface area (Å²) in [6.07, 6.45) is 2.06. The minimum absolute atomic E-state index is 0.724. The molecule has 0 radical (unpaired) electrons. The van der Waals surface area contributed by atoms with Crippen molar-refractivity contribution in [1.29, 1.82) is 5.26 Å². The van der Waals surface area contributed by atoms with Crippen LogP contribution in [0.25, 0.3) is 22.2 Å². The number of aryl methyl sites for hydroxylation is 1. The molecule has 23 heavy (non-hydrogen) atoms. The number of hydrogen-bond acceptors (Lipinski definition) is 3. The number of aromatic nitrogens is 1. The van der Waals surface area contributed by atoms with E-state index in [0.717, 1.165) is 40.0 Å². The molecule has 3 rings (SSSR count). The van der Waals surface area contributed by atoms with E-state index >= 15 is 0 Å². The van der Waals surface area contributed by atoms with E-state index < -0.39 is 0 Å². The number of rotatable bonds is 4. The Morgan fingerprint density at radius 1 is 1.17 bits per heavy atom. The molecule has 1 heterocycles. The van der Waals surface area contributed by atoms with Gasteiger partial charge in [0, 0.05) is 22.9 Å². The van der Waals surface area contributed by atoms with E-state index in [2.05, 4.69) is 48.1 Å². The standard InChI is InChI=1S/C19H18N2OS/c1-4-21-18-11-14(22-2)7-10-16(18)17(12-20)19(21)13-5-8-15(23-3)9-6-13/h5-11H,4H2,1-3H3. The van der Waals surface area contributed by atoms with Crippen LogP contribution in [-0.4, -0.2) is 17.9 Å². The average molecular weight is 322 g/mol. The molecular weight excluding hydrogens is 304 g/mol. The summed E-state index contributed by atoms with van der Waals surface area (Å²) < 4.78 is 7.53. The fraction of sp³-hybridized carbons (Fsp3) is 0.211. The molecule has 2 aromatic carbocycles. The molecule has 0 fully saturated rings. The molecule has 0 N–H and O–H groups in total. The lowest BCUT2D eigenvalue weighted by molar-refractivity contribution is 0.415. The Balaban J connectivity index is 2.31. The van der Waals surface area contributed by atoms with Crippen LogP contribution >= 0.6 is 11.8 Å². The van der Waals surface area contributed by atoms with Crippen molar-refractivity contribution in [2.75, 3.05) is 13.4 Å². The second kappa shape index (κ2) is 6.39. The molecule has 0 saturated carbocycles. The molecule has 0 saturated heterocycles. The number of benzene rings is 2. The van der Waals surface area contributed by atoms with E-state index in [1.54, 1.807) is 18.9 Å². The lowest BCUT2D eigenvalue weighted by atomic mass is 10.1. The van der Waals surface area contributed by atoms with E-state index in [4.69, 9.17) is 4.74 Å². The van der Waals surface area contributed by atoms with Gasteiger partial charge in [-0.1, -0.05) is 12.1 Å². The van der Waals surface area contributed by atoms with E-state index in [9.17, 15) is 5.26 Å². The van der Waals surface area contributed by atoms with Crippen molar-refractivity contribution in [3.05, 3.63) is 48.0 Å². The Labute approximate surface area is 140 Å². The van der Waals surface area contributed by atoms with Gasteiger partial charge >= 0.3 is 0 Å². The van der Waals surface area contributed by atoms with Crippen molar-refractivity contribution in [3.8, 4) is 23.1 Å². The van der Waals surface area contributed by atoms with Crippen LogP contribution in [0.3, 0.4) is 0 Å². The highest BCUT2D eigenvalue weighted by molar-refractivity contribution is 7.98. The zero-order valence-electron chi connectivity index (χ0n) is 13.5. The van der Waals surface area contributed by atoms with Crippen molar-refractivity contribution in [2.45, 2.75) is 18.4 Å². The van der Waals surface area contributed by atoms with Crippen LogP contribution < -0.4 is 4.74 Å². The maximum absolute atomic E-state index is 9.72. The SMILES string of the molecule is CCn1c(-c2ccc(SC)cc2)c(C#N)c2ccc(OC)cc21. The monoisotopic (exact) mass is 322 g/mol. The molecule has 0 atom stereocenters. The Kier molecular flexibility index (Phi) is 4.31. The smallest absolute Gasteiger partial charge is 0.120 e. The summed E-state index contributed by atoms with van der Waals surface area (Å²) in [5.41, 5.74) is 3.80. The molecule has 116 valence electrons. The van der Waals surface area contributed by atoms with Crippen LogP contribution in [0.15, 0.2) is 47.4 Å². The molecule has 0 aliphatic carbocycles. The summed E-state index contributed by atoms with van der Waals surface area (Å²) in [6.45, 7) is 2.89. The van der Waals surface area contributed by atoms with Crippen LogP contribution in [0.4, 0.5) is 0 Å². The van der Waals surface area contributed by atoms with E-state index in [-0.39, 0.29) is 0 Å². The van der Waals surface area contributed by atoms with Crippen molar-refractivity contribution < 1.29 is 4.74 Å². The lowest BCUT2D eigenvalue weighted by Gasteiger charge is -2.09. The average Bonchev–Trinajstić information content (AvgIpc) is 2.94. The van der Waals surface area contributed by atoms with Gasteiger partial charge in [0.2, 0.25) is 0 Å². The van der Waals surface area contributed by atoms with Crippen molar-refractivity contribution in [2.24, 2.45) is 0 Å². The fourth-order valence-electron chi connectivity index (χ4n) is 2.95. The van der Waals surface area contributed by atoms with Gasteiger partial charge in [-0.25, -0.2) is 0 Å². The molecular formula is C19H18N2OS. The molecule has 4 heteroatoms. The summed E-state index contributed by atoms with van der Waals surface area (Å²) in [7, 11) is 1.66. The van der Waals surface area contributed by atoms with Crippen molar-refractivity contribution >= 4 is 22.7 Å². The van der Waals surface area contributed by atoms with Gasteiger partial charge in [0.25, 0.3) is 0 Å². The summed E-state index contributed by atoms with van der Waals surface area (Å²) in [4.78, 5) is 1.22. The lowest BCUT2D eigenvalue weighted by Crippen LogP contribution is -1.97. The minimum atomic E-state index is 0.724. The third-order valence-electron chi connectivity index (χ3n) is 4.06. The van der Waals surface area contributed by atoms with Crippen molar-refractivity contribution in [3.63, 3.8) is 0 Å². The number of thioether (sulfide) groups is 1. The second-order valence-electron chi connectivity index (χ2n) is 5.19. The van der Waals surface area contributed by atoms with Crippen LogP contribution in [-0.2, 0) is 6.54 Å². The van der Waals surface area contributed by atoms with Gasteiger partial charge in [-0.3, -0.25) is 0 Å². The Morgan fingerprint density at radius 3 is 2.48 bits per heavy atom. The maximum Gasteiger partial charge on any atom is 0.120 e. The minimum Gasteiger partial charge on any atom is -0.497 e. The van der Waals surface area contributed by atoms with Gasteiger partial charge in [0.15, 0.2) is 0 Å². The first-order chi connectivity index (χ1) is 11.2. The summed E-state index contributed by atoms with van der Waals surface area (Å²) >= 11 is 1.71. The quantitative estimate of drug-likeness (QED) is 0.639. The van der Waals surface area contributed by atoms with Gasteiger partial charge < -0.3 is 9.30 Å². The number of hydrogen-bond donors (Lipinski definition) is 0. The maximum atomic E-state index is 9.72. The van der Waals surface area contributed by atoms with Gasteiger partial charge in [0.05, 0.1) is 23.9 Å². The van der Waals surface area contributed by atoms with Gasteiger partial charge in [-0.15, -0.1) is 11.8 Å². The second-order valence-corrected chi connectivity index (χ2v) is 6.07. The Hall–Kier alpha value is -2.38. The van der Waals surface area contributed by atoms with Crippen LogP contribution in [0.1, 0.15) is 12.5 Å². The molecule has 3 aromatic rings. The summed E-state index contributed by atoms with van der Waals surface area (Å²) in [5.74, 6) is 0.804. The molecule has 0 aliphatic heterocycles. The Morgan fingerprint density at radius 2 is 1.91 bits per heavy atom. The van der Waals surface area contributed by atoms with Crippen LogP contribution in [0, 0.1) is 11.3 Å². The normalized spacial score (nSPS) is 10.7. The van der Waals surface area contributed by atoms with E-state index in [1.807, 2.05) is 18.2 Å². The largest absolute Gasteiger partial charge is 0.497 e. The number of fused-ring (bicyclic) bond motifs is 1. The predicted molar refractivity (Wildman–Crippen MR) is 96.1 cm³/mol. The molecule has 3 nitrogen and oxygen atoms in total. The Bertz CT molecular complexity index is 888. The zero-order chi connectivity index (χ0) is 16.4. The van der Waals surface area contributed by atoms with Crippen LogP contribution in [0.2, 0.25) is 0 Å². The zero-order valence-corrected chi connectivity index (χ0v) is 14.3. The number of ether oxygens (including phenoxy) is 1. The highest BCUT2D eigenvalue weighted by Gasteiger charge is 2.18. The van der Waals surface area contributed by atoms with E-state index in [1.165, 1.54) is 4.90 Å². The van der Waals surface area contributed by atoms with Gasteiger partial charge in [-0.2, -0.15) is 5.26 Å². The van der Waals surface area contributed by atoms with Crippen LogP contribution in [0.5, 0.6) is 5.75 Å². The first-order valence-corrected chi connectivity index (χ1v) is 8.70. The molecule has 1 aromatic heterocycles. The van der Waals surface area contributed by atoms with E-state index in [0.29, 0.717) is 0 Å². The number of nitriles is 1. The van der Waals surface area contributed by atoms with Crippen molar-refractivity contribution in [1.82, 2.24) is 4.57 Å². The first-order valence-electron chi connectivity index (χ1n) is 7.48. The summed E-state index contributed by atoms with van der Waals surface area (Å²) in [6, 6.07) is 16.6. The molecule has 0 amide bonds. The predicted octanol–water partition coefficient (Wildman–Crippen LogP) is 4.93.